The van der Waals surface area contributed by atoms with E-state index in [4.69, 9.17) is 0 Å². The lowest BCUT2D eigenvalue weighted by Gasteiger charge is -2.08. The smallest absolute Gasteiger partial charge is 0.341 e. The van der Waals surface area contributed by atoms with Crippen LogP contribution in [0.15, 0.2) is 6.07 Å². The van der Waals surface area contributed by atoms with Gasteiger partial charge in [0.15, 0.2) is 11.6 Å². The molecule has 0 spiro atoms. The van der Waals surface area contributed by atoms with Crippen LogP contribution in [0.4, 0.5) is 13.2 Å². The largest absolute Gasteiger partial charge is 0.462 e. The van der Waals surface area contributed by atoms with Gasteiger partial charge in [0.25, 0.3) is 0 Å². The van der Waals surface area contributed by atoms with Crippen LogP contribution in [-0.2, 0) is 4.74 Å². The molecule has 1 aliphatic carbocycles. The van der Waals surface area contributed by atoms with Crippen molar-refractivity contribution >= 4 is 5.97 Å². The minimum Gasteiger partial charge on any atom is -0.462 e. The monoisotopic (exact) mass is 244 g/mol. The molecule has 1 aromatic carbocycles. The summed E-state index contributed by atoms with van der Waals surface area (Å²) in [6.07, 6.45) is 1.29. The molecule has 0 bridgehead atoms. The molecule has 0 aromatic heterocycles. The molecular formula is C12H11F3O2. The highest BCUT2D eigenvalue weighted by Gasteiger charge is 2.33. The van der Waals surface area contributed by atoms with Crippen molar-refractivity contribution in [3.63, 3.8) is 0 Å². The van der Waals surface area contributed by atoms with Gasteiger partial charge in [0.2, 0.25) is 0 Å². The van der Waals surface area contributed by atoms with E-state index in [0.29, 0.717) is 18.9 Å². The Balaban J connectivity index is 2.45. The van der Waals surface area contributed by atoms with Crippen LogP contribution in [0.2, 0.25) is 0 Å². The average molecular weight is 244 g/mol. The van der Waals surface area contributed by atoms with Crippen molar-refractivity contribution in [1.82, 2.24) is 0 Å². The van der Waals surface area contributed by atoms with Gasteiger partial charge >= 0.3 is 5.97 Å². The normalized spacial score (nSPS) is 14.8. The molecule has 2 nitrogen and oxygen atoms in total. The number of hydrogen-bond donors (Lipinski definition) is 0. The van der Waals surface area contributed by atoms with Crippen molar-refractivity contribution < 1.29 is 22.7 Å². The molecule has 0 radical (unpaired) electrons. The minimum atomic E-state index is -1.33. The molecule has 1 saturated carbocycles. The van der Waals surface area contributed by atoms with E-state index in [2.05, 4.69) is 4.74 Å². The molecular weight excluding hydrogens is 233 g/mol. The van der Waals surface area contributed by atoms with Gasteiger partial charge < -0.3 is 4.74 Å². The predicted molar refractivity (Wildman–Crippen MR) is 54.2 cm³/mol. The van der Waals surface area contributed by atoms with Crippen LogP contribution in [0.25, 0.3) is 0 Å². The second-order valence-electron chi connectivity index (χ2n) is 3.94. The predicted octanol–water partition coefficient (Wildman–Crippen LogP) is 3.16. The van der Waals surface area contributed by atoms with Gasteiger partial charge in [-0.1, -0.05) is 0 Å². The summed E-state index contributed by atoms with van der Waals surface area (Å²) in [6, 6.07) is 0.712. The fraction of sp³-hybridized carbons (Fsp3) is 0.417. The molecule has 0 N–H and O–H groups in total. The second kappa shape index (κ2) is 4.39. The molecule has 0 aliphatic heterocycles. The maximum Gasteiger partial charge on any atom is 0.341 e. The zero-order valence-corrected chi connectivity index (χ0v) is 9.23. The molecule has 2 rings (SSSR count). The molecule has 0 saturated heterocycles. The van der Waals surface area contributed by atoms with Crippen molar-refractivity contribution in [3.05, 3.63) is 34.6 Å². The third-order valence-corrected chi connectivity index (χ3v) is 2.67. The van der Waals surface area contributed by atoms with E-state index in [-0.39, 0.29) is 18.1 Å². The van der Waals surface area contributed by atoms with Crippen molar-refractivity contribution in [2.45, 2.75) is 25.7 Å². The van der Waals surface area contributed by atoms with Crippen LogP contribution < -0.4 is 0 Å². The van der Waals surface area contributed by atoms with Crippen molar-refractivity contribution in [3.8, 4) is 0 Å². The zero-order chi connectivity index (χ0) is 12.6. The number of rotatable bonds is 3. The summed E-state index contributed by atoms with van der Waals surface area (Å²) in [4.78, 5) is 11.3. The Labute approximate surface area is 96.4 Å². The first kappa shape index (κ1) is 12.0. The first-order chi connectivity index (χ1) is 8.06. The molecule has 92 valence electrons. The molecule has 1 aromatic rings. The molecule has 1 fully saturated rings. The lowest BCUT2D eigenvalue weighted by atomic mass is 10.1. The number of halogens is 3. The van der Waals surface area contributed by atoms with Gasteiger partial charge in [0.05, 0.1) is 6.61 Å². The highest BCUT2D eigenvalue weighted by molar-refractivity contribution is 5.89. The molecule has 1 aliphatic rings. The third kappa shape index (κ3) is 2.14. The molecule has 5 heteroatoms. The quantitative estimate of drug-likeness (QED) is 0.603. The Morgan fingerprint density at radius 2 is 2.00 bits per heavy atom. The minimum absolute atomic E-state index is 0.0197. The second-order valence-corrected chi connectivity index (χ2v) is 3.94. The average Bonchev–Trinajstić information content (AvgIpc) is 3.08. The maximum atomic E-state index is 13.6. The Morgan fingerprint density at radius 1 is 1.35 bits per heavy atom. The van der Waals surface area contributed by atoms with Crippen LogP contribution >= 0.6 is 0 Å². The van der Waals surface area contributed by atoms with E-state index < -0.39 is 29.0 Å². The van der Waals surface area contributed by atoms with E-state index in [9.17, 15) is 18.0 Å². The van der Waals surface area contributed by atoms with Gasteiger partial charge in [0.1, 0.15) is 11.4 Å². The standard InChI is InChI=1S/C12H11F3O2/c1-2-17-12(16)7-5-8(13)9(6-3-4-6)11(15)10(7)14/h5-6H,2-4H2,1H3. The fourth-order valence-electron chi connectivity index (χ4n) is 1.71. The third-order valence-electron chi connectivity index (χ3n) is 2.67. The zero-order valence-electron chi connectivity index (χ0n) is 9.23. The summed E-state index contributed by atoms with van der Waals surface area (Å²) in [6.45, 7) is 1.55. The van der Waals surface area contributed by atoms with Crippen molar-refractivity contribution in [2.75, 3.05) is 6.61 Å². The topological polar surface area (TPSA) is 26.3 Å². The molecule has 0 atom stereocenters. The lowest BCUT2D eigenvalue weighted by Crippen LogP contribution is -2.11. The summed E-state index contributed by atoms with van der Waals surface area (Å²) < 4.78 is 45.2. The number of esters is 1. The van der Waals surface area contributed by atoms with E-state index in [1.54, 1.807) is 0 Å². The molecule has 17 heavy (non-hydrogen) atoms. The molecule has 0 heterocycles. The molecule has 0 amide bonds. The van der Waals surface area contributed by atoms with Gasteiger partial charge in [-0.05, 0) is 31.7 Å². The summed E-state index contributed by atoms with van der Waals surface area (Å²) in [5, 5.41) is 0. The van der Waals surface area contributed by atoms with Gasteiger partial charge in [0, 0.05) is 5.56 Å². The number of carbonyl (C=O) groups is 1. The van der Waals surface area contributed by atoms with Gasteiger partial charge in [-0.25, -0.2) is 18.0 Å². The highest BCUT2D eigenvalue weighted by Crippen LogP contribution is 2.43. The van der Waals surface area contributed by atoms with Crippen molar-refractivity contribution in [1.29, 1.82) is 0 Å². The first-order valence-corrected chi connectivity index (χ1v) is 5.40. The van der Waals surface area contributed by atoms with E-state index in [1.165, 1.54) is 6.92 Å². The molecule has 0 unspecified atom stereocenters. The Bertz CT molecular complexity index is 467. The van der Waals surface area contributed by atoms with Crippen LogP contribution in [0.3, 0.4) is 0 Å². The van der Waals surface area contributed by atoms with Gasteiger partial charge in [-0.15, -0.1) is 0 Å². The maximum absolute atomic E-state index is 13.6. The van der Waals surface area contributed by atoms with E-state index >= 15 is 0 Å². The van der Waals surface area contributed by atoms with Crippen LogP contribution in [0, 0.1) is 17.5 Å². The Kier molecular flexibility index (Phi) is 3.09. The van der Waals surface area contributed by atoms with Crippen molar-refractivity contribution in [2.24, 2.45) is 0 Å². The highest BCUT2D eigenvalue weighted by atomic mass is 19.2. The number of benzene rings is 1. The Morgan fingerprint density at radius 3 is 2.53 bits per heavy atom. The number of hydrogen-bond acceptors (Lipinski definition) is 2. The van der Waals surface area contributed by atoms with Crippen LogP contribution in [-0.4, -0.2) is 12.6 Å². The number of carbonyl (C=O) groups excluding carboxylic acids is 1. The summed E-state index contributed by atoms with van der Waals surface area (Å²) >= 11 is 0. The van der Waals surface area contributed by atoms with Crippen LogP contribution in [0.5, 0.6) is 0 Å². The summed E-state index contributed by atoms with van der Waals surface area (Å²) in [5.41, 5.74) is -0.943. The van der Waals surface area contributed by atoms with E-state index in [0.717, 1.165) is 0 Å². The van der Waals surface area contributed by atoms with Gasteiger partial charge in [-0.2, -0.15) is 0 Å². The van der Waals surface area contributed by atoms with Gasteiger partial charge in [-0.3, -0.25) is 0 Å². The summed E-state index contributed by atoms with van der Waals surface area (Å²) in [5.74, 6) is -4.79. The summed E-state index contributed by atoms with van der Waals surface area (Å²) in [7, 11) is 0. The fourth-order valence-corrected chi connectivity index (χ4v) is 1.71. The first-order valence-electron chi connectivity index (χ1n) is 5.40. The van der Waals surface area contributed by atoms with Crippen LogP contribution in [0.1, 0.15) is 41.6 Å². The lowest BCUT2D eigenvalue weighted by molar-refractivity contribution is 0.0519. The Hall–Kier alpha value is -1.52. The van der Waals surface area contributed by atoms with E-state index in [1.807, 2.05) is 0 Å². The number of ether oxygens (including phenoxy) is 1. The SMILES string of the molecule is CCOC(=O)c1cc(F)c(C2CC2)c(F)c1F.